The number of allylic oxidation sites excluding steroid dienone is 2. The Morgan fingerprint density at radius 2 is 2.00 bits per heavy atom. The Hall–Kier alpha value is -2.28. The van der Waals surface area contributed by atoms with Crippen LogP contribution in [0, 0.1) is 0 Å². The fraction of sp³-hybridized carbons (Fsp3) is 0.542. The summed E-state index contributed by atoms with van der Waals surface area (Å²) in [6.07, 6.45) is 11.4. The first kappa shape index (κ1) is 21.9. The minimum Gasteiger partial charge on any atom is -0.496 e. The first-order valence-corrected chi connectivity index (χ1v) is 12.4. The third-order valence-electron chi connectivity index (χ3n) is 6.26. The van der Waals surface area contributed by atoms with Crippen molar-refractivity contribution < 1.29 is 9.53 Å². The molecule has 0 unspecified atom stereocenters. The molecule has 0 saturated heterocycles. The van der Waals surface area contributed by atoms with E-state index in [1.54, 1.807) is 7.11 Å². The highest BCUT2D eigenvalue weighted by Gasteiger charge is 2.26. The van der Waals surface area contributed by atoms with E-state index >= 15 is 0 Å². The Morgan fingerprint density at radius 3 is 2.71 bits per heavy atom. The molecule has 1 saturated carbocycles. The van der Waals surface area contributed by atoms with E-state index in [0.717, 1.165) is 54.4 Å². The molecule has 4 rings (SSSR count). The summed E-state index contributed by atoms with van der Waals surface area (Å²) in [5.41, 5.74) is 2.13. The largest absolute Gasteiger partial charge is 0.496 e. The third-order valence-corrected chi connectivity index (χ3v) is 7.19. The summed E-state index contributed by atoms with van der Waals surface area (Å²) < 4.78 is 7.86. The van der Waals surface area contributed by atoms with Gasteiger partial charge in [-0.15, -0.1) is 10.2 Å². The van der Waals surface area contributed by atoms with Gasteiger partial charge in [-0.2, -0.15) is 0 Å². The number of carbonyl (C=O) groups excluding carboxylic acids is 1. The van der Waals surface area contributed by atoms with Gasteiger partial charge < -0.3 is 9.64 Å². The van der Waals surface area contributed by atoms with Gasteiger partial charge >= 0.3 is 0 Å². The van der Waals surface area contributed by atoms with Crippen molar-refractivity contribution in [2.24, 2.45) is 0 Å². The number of nitrogens with zero attached hydrogens (tertiary/aromatic N) is 4. The summed E-state index contributed by atoms with van der Waals surface area (Å²) in [5.74, 6) is 2.16. The zero-order valence-electron chi connectivity index (χ0n) is 18.5. The molecule has 2 aliphatic rings. The zero-order chi connectivity index (χ0) is 21.6. The van der Waals surface area contributed by atoms with Gasteiger partial charge in [-0.1, -0.05) is 49.2 Å². The summed E-state index contributed by atoms with van der Waals surface area (Å²) in [6.45, 7) is 2.76. The molecule has 1 aromatic carbocycles. The zero-order valence-corrected chi connectivity index (χ0v) is 19.4. The van der Waals surface area contributed by atoms with Crippen LogP contribution in [0.4, 0.5) is 0 Å². The summed E-state index contributed by atoms with van der Waals surface area (Å²) in [6, 6.07) is 8.33. The molecule has 1 amide bonds. The SMILES string of the molecule is CCN(C(=O)CSc1nnc(-c2ccccc2OC)n1C1CCCCC1)C1=CCCC1. The van der Waals surface area contributed by atoms with Crippen molar-refractivity contribution in [2.45, 2.75) is 69.5 Å². The predicted octanol–water partition coefficient (Wildman–Crippen LogP) is 5.47. The molecule has 0 atom stereocenters. The molecule has 166 valence electrons. The Balaban J connectivity index is 1.60. The van der Waals surface area contributed by atoms with Gasteiger partial charge in [0.25, 0.3) is 0 Å². The maximum Gasteiger partial charge on any atom is 0.237 e. The van der Waals surface area contributed by atoms with Gasteiger partial charge in [0, 0.05) is 18.3 Å². The van der Waals surface area contributed by atoms with Crippen LogP contribution in [0.15, 0.2) is 41.2 Å². The maximum atomic E-state index is 13.0. The molecule has 1 aromatic heterocycles. The highest BCUT2D eigenvalue weighted by atomic mass is 32.2. The van der Waals surface area contributed by atoms with Crippen LogP contribution in [0.25, 0.3) is 11.4 Å². The van der Waals surface area contributed by atoms with Crippen LogP contribution in [0.2, 0.25) is 0 Å². The van der Waals surface area contributed by atoms with Crippen LogP contribution in [0.1, 0.15) is 64.3 Å². The molecule has 1 fully saturated rings. The average molecular weight is 441 g/mol. The second kappa shape index (κ2) is 10.4. The van der Waals surface area contributed by atoms with Crippen molar-refractivity contribution in [3.8, 4) is 17.1 Å². The normalized spacial score (nSPS) is 16.9. The number of benzene rings is 1. The van der Waals surface area contributed by atoms with Crippen molar-refractivity contribution in [2.75, 3.05) is 19.4 Å². The number of rotatable bonds is 8. The quantitative estimate of drug-likeness (QED) is 0.510. The number of hydrogen-bond acceptors (Lipinski definition) is 5. The molecule has 0 radical (unpaired) electrons. The van der Waals surface area contributed by atoms with Crippen LogP contribution >= 0.6 is 11.8 Å². The number of aromatic nitrogens is 3. The summed E-state index contributed by atoms with van der Waals surface area (Å²) in [7, 11) is 1.69. The van der Waals surface area contributed by atoms with Gasteiger partial charge in [-0.25, -0.2) is 0 Å². The number of hydrogen-bond donors (Lipinski definition) is 0. The summed E-state index contributed by atoms with van der Waals surface area (Å²) in [5, 5.41) is 9.93. The van der Waals surface area contributed by atoms with E-state index in [1.165, 1.54) is 36.7 Å². The molecule has 0 bridgehead atoms. The lowest BCUT2D eigenvalue weighted by Gasteiger charge is -2.26. The molecular formula is C24H32N4O2S. The average Bonchev–Trinajstić information content (AvgIpc) is 3.49. The van der Waals surface area contributed by atoms with E-state index in [2.05, 4.69) is 20.8 Å². The third kappa shape index (κ3) is 4.81. The number of methoxy groups -OCH3 is 1. The van der Waals surface area contributed by atoms with Crippen molar-refractivity contribution in [3.63, 3.8) is 0 Å². The standard InChI is InChI=1S/C24H32N4O2S/c1-3-27(18-11-7-8-12-18)22(29)17-31-24-26-25-23(20-15-9-10-16-21(20)30-2)28(24)19-13-5-4-6-14-19/h9-11,15-16,19H,3-8,12-14,17H2,1-2H3. The van der Waals surface area contributed by atoms with E-state index in [4.69, 9.17) is 4.74 Å². The fourth-order valence-electron chi connectivity index (χ4n) is 4.70. The molecule has 6 nitrogen and oxygen atoms in total. The molecule has 31 heavy (non-hydrogen) atoms. The first-order valence-electron chi connectivity index (χ1n) is 11.4. The second-order valence-electron chi connectivity index (χ2n) is 8.18. The topological polar surface area (TPSA) is 60.3 Å². The second-order valence-corrected chi connectivity index (χ2v) is 9.13. The lowest BCUT2D eigenvalue weighted by molar-refractivity contribution is -0.126. The Kier molecular flexibility index (Phi) is 7.33. The Bertz CT molecular complexity index is 933. The van der Waals surface area contributed by atoms with E-state index < -0.39 is 0 Å². The van der Waals surface area contributed by atoms with Gasteiger partial charge in [0.15, 0.2) is 11.0 Å². The van der Waals surface area contributed by atoms with E-state index in [0.29, 0.717) is 18.3 Å². The first-order chi connectivity index (χ1) is 15.2. The van der Waals surface area contributed by atoms with Crippen LogP contribution in [-0.4, -0.2) is 45.0 Å². The van der Waals surface area contributed by atoms with Crippen molar-refractivity contribution in [3.05, 3.63) is 36.0 Å². The van der Waals surface area contributed by atoms with Gasteiger partial charge in [-0.05, 0) is 51.2 Å². The van der Waals surface area contributed by atoms with Crippen molar-refractivity contribution in [1.29, 1.82) is 0 Å². The number of carbonyl (C=O) groups is 1. The predicted molar refractivity (Wildman–Crippen MR) is 124 cm³/mol. The van der Waals surface area contributed by atoms with Crippen molar-refractivity contribution >= 4 is 17.7 Å². The van der Waals surface area contributed by atoms with Crippen LogP contribution < -0.4 is 4.74 Å². The van der Waals surface area contributed by atoms with Crippen LogP contribution in [0.3, 0.4) is 0 Å². The monoisotopic (exact) mass is 440 g/mol. The molecule has 0 aliphatic heterocycles. The maximum absolute atomic E-state index is 13.0. The van der Waals surface area contributed by atoms with E-state index in [9.17, 15) is 4.79 Å². The molecule has 0 N–H and O–H groups in total. The molecule has 7 heteroatoms. The fourth-order valence-corrected chi connectivity index (χ4v) is 5.58. The lowest BCUT2D eigenvalue weighted by Crippen LogP contribution is -2.31. The van der Waals surface area contributed by atoms with Gasteiger partial charge in [0.1, 0.15) is 5.75 Å². The van der Waals surface area contributed by atoms with E-state index in [1.807, 2.05) is 36.1 Å². The Labute approximate surface area is 189 Å². The Morgan fingerprint density at radius 1 is 1.19 bits per heavy atom. The highest BCUT2D eigenvalue weighted by molar-refractivity contribution is 7.99. The van der Waals surface area contributed by atoms with Crippen LogP contribution in [0.5, 0.6) is 5.75 Å². The molecule has 2 aromatic rings. The molecule has 0 spiro atoms. The minimum absolute atomic E-state index is 0.151. The van der Waals surface area contributed by atoms with Gasteiger partial charge in [0.05, 0.1) is 18.4 Å². The van der Waals surface area contributed by atoms with Gasteiger partial charge in [-0.3, -0.25) is 9.36 Å². The van der Waals surface area contributed by atoms with Crippen molar-refractivity contribution in [1.82, 2.24) is 19.7 Å². The van der Waals surface area contributed by atoms with Crippen LogP contribution in [-0.2, 0) is 4.79 Å². The smallest absolute Gasteiger partial charge is 0.237 e. The van der Waals surface area contributed by atoms with Gasteiger partial charge in [0.2, 0.25) is 5.91 Å². The highest BCUT2D eigenvalue weighted by Crippen LogP contribution is 2.38. The number of amides is 1. The number of para-hydroxylation sites is 1. The summed E-state index contributed by atoms with van der Waals surface area (Å²) in [4.78, 5) is 14.9. The number of thioether (sulfide) groups is 1. The molecular weight excluding hydrogens is 408 g/mol. The molecule has 1 heterocycles. The minimum atomic E-state index is 0.151. The summed E-state index contributed by atoms with van der Waals surface area (Å²) >= 11 is 1.51. The molecule has 2 aliphatic carbocycles. The van der Waals surface area contributed by atoms with E-state index in [-0.39, 0.29) is 5.91 Å². The number of ether oxygens (including phenoxy) is 1. The lowest BCUT2D eigenvalue weighted by atomic mass is 9.95.